The fourth-order valence-corrected chi connectivity index (χ4v) is 1.44. The second-order valence-electron chi connectivity index (χ2n) is 4.39. The molecular weight excluding hydrogens is 287 g/mol. The first-order valence-corrected chi connectivity index (χ1v) is 6.02. The van der Waals surface area contributed by atoms with Gasteiger partial charge in [0.25, 0.3) is 0 Å². The van der Waals surface area contributed by atoms with Crippen LogP contribution in [0.5, 0.6) is 0 Å². The van der Waals surface area contributed by atoms with E-state index in [9.17, 15) is 22.8 Å². The number of hydrogen-bond donors (Lipinski definition) is 1. The first-order valence-electron chi connectivity index (χ1n) is 6.02. The van der Waals surface area contributed by atoms with Crippen LogP contribution in [-0.2, 0) is 4.79 Å². The molecule has 0 atom stereocenters. The monoisotopic (exact) mass is 301 g/mol. The number of halogens is 3. The van der Waals surface area contributed by atoms with Gasteiger partial charge in [0.05, 0.1) is 12.0 Å². The van der Waals surface area contributed by atoms with Gasteiger partial charge in [0, 0.05) is 19.7 Å². The van der Waals surface area contributed by atoms with Crippen molar-refractivity contribution in [3.8, 4) is 0 Å². The lowest BCUT2D eigenvalue weighted by Gasteiger charge is -2.16. The van der Waals surface area contributed by atoms with Gasteiger partial charge in [-0.1, -0.05) is 12.1 Å². The number of carbonyl (C=O) groups is 2. The van der Waals surface area contributed by atoms with Gasteiger partial charge in [-0.15, -0.1) is 0 Å². The summed E-state index contributed by atoms with van der Waals surface area (Å²) in [6.07, 6.45) is -2.80. The average molecular weight is 301 g/mol. The molecule has 1 aromatic carbocycles. The maximum atomic E-state index is 12.0. The smallest absolute Gasteiger partial charge is 0.390 e. The molecular formula is C14H14F3NO3. The van der Waals surface area contributed by atoms with Crippen LogP contribution in [0.3, 0.4) is 0 Å². The number of alkyl halides is 3. The number of amides is 1. The minimum Gasteiger partial charge on any atom is -0.478 e. The Kier molecular flexibility index (Phi) is 5.52. The van der Waals surface area contributed by atoms with Gasteiger partial charge in [-0.05, 0) is 23.8 Å². The van der Waals surface area contributed by atoms with E-state index in [-0.39, 0.29) is 5.56 Å². The first-order chi connectivity index (χ1) is 9.69. The molecule has 1 rings (SSSR count). The number of benzene rings is 1. The van der Waals surface area contributed by atoms with Crippen molar-refractivity contribution in [2.24, 2.45) is 0 Å². The van der Waals surface area contributed by atoms with Crippen LogP contribution >= 0.6 is 0 Å². The highest BCUT2D eigenvalue weighted by Gasteiger charge is 2.27. The van der Waals surface area contributed by atoms with E-state index >= 15 is 0 Å². The van der Waals surface area contributed by atoms with Gasteiger partial charge in [-0.3, -0.25) is 4.79 Å². The van der Waals surface area contributed by atoms with Crippen LogP contribution in [0.2, 0.25) is 0 Å². The predicted molar refractivity (Wildman–Crippen MR) is 70.7 cm³/mol. The largest absolute Gasteiger partial charge is 0.478 e. The zero-order chi connectivity index (χ0) is 16.0. The van der Waals surface area contributed by atoms with E-state index in [1.807, 2.05) is 0 Å². The number of rotatable bonds is 5. The van der Waals surface area contributed by atoms with Crippen molar-refractivity contribution in [1.29, 1.82) is 0 Å². The van der Waals surface area contributed by atoms with E-state index in [1.54, 1.807) is 0 Å². The van der Waals surface area contributed by atoms with Crippen LogP contribution in [0, 0.1) is 0 Å². The van der Waals surface area contributed by atoms with E-state index in [1.165, 1.54) is 37.4 Å². The van der Waals surface area contributed by atoms with Gasteiger partial charge >= 0.3 is 12.1 Å². The molecule has 0 aliphatic rings. The topological polar surface area (TPSA) is 57.6 Å². The Morgan fingerprint density at radius 2 is 1.81 bits per heavy atom. The van der Waals surface area contributed by atoms with E-state index in [2.05, 4.69) is 0 Å². The first kappa shape index (κ1) is 16.7. The molecule has 0 radical (unpaired) electrons. The number of hydrogen-bond acceptors (Lipinski definition) is 2. The molecule has 21 heavy (non-hydrogen) atoms. The van der Waals surface area contributed by atoms with Crippen molar-refractivity contribution in [3.63, 3.8) is 0 Å². The third-order valence-electron chi connectivity index (χ3n) is 2.68. The Morgan fingerprint density at radius 1 is 1.24 bits per heavy atom. The summed E-state index contributed by atoms with van der Waals surface area (Å²) in [5.41, 5.74) is 0.693. The van der Waals surface area contributed by atoms with Crippen molar-refractivity contribution in [2.45, 2.75) is 12.6 Å². The molecule has 1 aromatic rings. The van der Waals surface area contributed by atoms with E-state index in [0.29, 0.717) is 5.56 Å². The molecule has 1 amide bonds. The molecule has 0 aliphatic heterocycles. The van der Waals surface area contributed by atoms with Gasteiger partial charge in [0.2, 0.25) is 5.91 Å². The van der Waals surface area contributed by atoms with Crippen molar-refractivity contribution in [3.05, 3.63) is 41.5 Å². The fourth-order valence-electron chi connectivity index (χ4n) is 1.44. The molecule has 0 saturated heterocycles. The van der Waals surface area contributed by atoms with Crippen LogP contribution in [0.25, 0.3) is 6.08 Å². The third kappa shape index (κ3) is 6.11. The second-order valence-corrected chi connectivity index (χ2v) is 4.39. The van der Waals surface area contributed by atoms with Crippen LogP contribution in [0.1, 0.15) is 22.3 Å². The summed E-state index contributed by atoms with van der Waals surface area (Å²) in [6.45, 7) is -0.412. The molecule has 0 fully saturated rings. The Morgan fingerprint density at radius 3 is 2.29 bits per heavy atom. The average Bonchev–Trinajstić information content (AvgIpc) is 2.41. The van der Waals surface area contributed by atoms with Gasteiger partial charge in [0.1, 0.15) is 0 Å². The zero-order valence-electron chi connectivity index (χ0n) is 11.2. The van der Waals surface area contributed by atoms with Gasteiger partial charge < -0.3 is 10.0 Å². The van der Waals surface area contributed by atoms with Gasteiger partial charge in [-0.25, -0.2) is 4.79 Å². The summed E-state index contributed by atoms with van der Waals surface area (Å²) >= 11 is 0. The zero-order valence-corrected chi connectivity index (χ0v) is 11.2. The maximum Gasteiger partial charge on any atom is 0.390 e. The van der Waals surface area contributed by atoms with Gasteiger partial charge in [-0.2, -0.15) is 13.2 Å². The number of aromatic carboxylic acids is 1. The highest BCUT2D eigenvalue weighted by molar-refractivity contribution is 5.92. The highest BCUT2D eigenvalue weighted by Crippen LogP contribution is 2.19. The number of nitrogens with zero attached hydrogens (tertiary/aromatic N) is 1. The minimum absolute atomic E-state index is 0.112. The fraction of sp³-hybridized carbons (Fsp3) is 0.286. The highest BCUT2D eigenvalue weighted by atomic mass is 19.4. The van der Waals surface area contributed by atoms with Crippen LogP contribution in [0.4, 0.5) is 13.2 Å². The quantitative estimate of drug-likeness (QED) is 0.851. The lowest BCUT2D eigenvalue weighted by molar-refractivity contribution is -0.142. The Bertz CT molecular complexity index is 535. The molecule has 0 unspecified atom stereocenters. The molecule has 0 aliphatic carbocycles. The summed E-state index contributed by atoms with van der Waals surface area (Å²) in [4.78, 5) is 23.2. The van der Waals surface area contributed by atoms with Crippen LogP contribution in [-0.4, -0.2) is 41.7 Å². The molecule has 0 spiro atoms. The van der Waals surface area contributed by atoms with Crippen LogP contribution < -0.4 is 0 Å². The number of carboxylic acids is 1. The molecule has 7 heteroatoms. The number of carboxylic acid groups (broad SMARTS) is 1. The van der Waals surface area contributed by atoms with E-state index < -0.39 is 31.0 Å². The summed E-state index contributed by atoms with van der Waals surface area (Å²) in [6, 6.07) is 5.76. The Balaban J connectivity index is 2.59. The Hall–Kier alpha value is -2.31. The molecule has 0 aromatic heterocycles. The molecule has 0 bridgehead atoms. The van der Waals surface area contributed by atoms with Crippen molar-refractivity contribution in [2.75, 3.05) is 13.6 Å². The van der Waals surface area contributed by atoms with E-state index in [4.69, 9.17) is 5.11 Å². The molecule has 4 nitrogen and oxygen atoms in total. The minimum atomic E-state index is -4.30. The van der Waals surface area contributed by atoms with Crippen LogP contribution in [0.15, 0.2) is 30.3 Å². The standard InChI is InChI=1S/C14H14F3NO3/c1-18(9-8-14(15,16)17)12(19)7-4-10-2-5-11(6-3-10)13(20)21/h2-7H,8-9H2,1H3,(H,20,21)/b7-4+. The predicted octanol–water partition coefficient (Wildman–Crippen LogP) is 2.81. The lowest BCUT2D eigenvalue weighted by atomic mass is 10.1. The molecule has 0 heterocycles. The summed E-state index contributed by atoms with van der Waals surface area (Å²) in [5.74, 6) is -1.62. The maximum absolute atomic E-state index is 12.0. The Labute approximate surface area is 119 Å². The van der Waals surface area contributed by atoms with Gasteiger partial charge in [0.15, 0.2) is 0 Å². The summed E-state index contributed by atoms with van der Waals surface area (Å²) < 4.78 is 36.1. The third-order valence-corrected chi connectivity index (χ3v) is 2.68. The second kappa shape index (κ2) is 6.92. The summed E-state index contributed by atoms with van der Waals surface area (Å²) in [7, 11) is 1.28. The SMILES string of the molecule is CN(CCC(F)(F)F)C(=O)/C=C/c1ccc(C(=O)O)cc1. The van der Waals surface area contributed by atoms with E-state index in [0.717, 1.165) is 11.0 Å². The number of likely N-dealkylation sites (N-methyl/N-ethyl adjacent to an activating group) is 1. The van der Waals surface area contributed by atoms with Crippen molar-refractivity contribution >= 4 is 18.0 Å². The molecule has 114 valence electrons. The normalized spacial score (nSPS) is 11.6. The molecule has 0 saturated carbocycles. The number of carbonyl (C=O) groups excluding carboxylic acids is 1. The lowest BCUT2D eigenvalue weighted by Crippen LogP contribution is -2.29. The summed E-state index contributed by atoms with van der Waals surface area (Å²) in [5, 5.41) is 8.72. The van der Waals surface area contributed by atoms with Crippen molar-refractivity contribution < 1.29 is 27.9 Å². The van der Waals surface area contributed by atoms with Crippen molar-refractivity contribution in [1.82, 2.24) is 4.90 Å². The molecule has 1 N–H and O–H groups in total.